The predicted molar refractivity (Wildman–Crippen MR) is 130 cm³/mol. The Hall–Kier alpha value is -2.36. The number of nitrogens with zero attached hydrogens (tertiary/aromatic N) is 1. The number of hydrogen-bond donors (Lipinski definition) is 0. The zero-order valence-electron chi connectivity index (χ0n) is 15.5. The van der Waals surface area contributed by atoms with Gasteiger partial charge in [-0.15, -0.1) is 0 Å². The normalized spacial score (nSPS) is 20.0. The molecule has 2 aliphatic carbocycles. The van der Waals surface area contributed by atoms with Gasteiger partial charge in [-0.3, -0.25) is 0 Å². The molecule has 0 radical (unpaired) electrons. The lowest BCUT2D eigenvalue weighted by Crippen LogP contribution is -2.16. The second-order valence-electron chi connectivity index (χ2n) is 7.62. The largest absolute Gasteiger partial charge is 0.309 e. The fourth-order valence-corrected chi connectivity index (χ4v) is 6.08. The van der Waals surface area contributed by atoms with Crippen molar-refractivity contribution in [1.82, 2.24) is 4.57 Å². The molecule has 2 aliphatic rings. The van der Waals surface area contributed by atoms with Crippen LogP contribution < -0.4 is 0 Å². The van der Waals surface area contributed by atoms with Gasteiger partial charge in [0.2, 0.25) is 0 Å². The number of allylic oxidation sites excluding steroid dienone is 5. The van der Waals surface area contributed by atoms with E-state index in [9.17, 15) is 0 Å². The molecule has 0 saturated heterocycles. The van der Waals surface area contributed by atoms with E-state index in [0.29, 0.717) is 11.8 Å². The first-order valence-corrected chi connectivity index (χ1v) is 11.4. The van der Waals surface area contributed by atoms with Gasteiger partial charge in [-0.05, 0) is 40.6 Å². The first-order valence-electron chi connectivity index (χ1n) is 9.77. The van der Waals surface area contributed by atoms with Gasteiger partial charge >= 0.3 is 0 Å². The van der Waals surface area contributed by atoms with E-state index in [2.05, 4.69) is 127 Å². The third-order valence-electron chi connectivity index (χ3n) is 6.08. The topological polar surface area (TPSA) is 4.93 Å². The van der Waals surface area contributed by atoms with Crippen LogP contribution in [0.25, 0.3) is 33.4 Å². The maximum atomic E-state index is 3.88. The summed E-state index contributed by atoms with van der Waals surface area (Å²) in [5, 5.41) is 3.92. The summed E-state index contributed by atoms with van der Waals surface area (Å²) < 4.78 is 4.77. The molecule has 29 heavy (non-hydrogen) atoms. The molecule has 2 atom stereocenters. The molecular weight excluding hydrogens is 486 g/mol. The Morgan fingerprint density at radius 1 is 0.759 bits per heavy atom. The highest BCUT2D eigenvalue weighted by Gasteiger charge is 2.34. The number of para-hydroxylation sites is 1. The quantitative estimate of drug-likeness (QED) is 0.247. The van der Waals surface area contributed by atoms with Crippen molar-refractivity contribution in [2.45, 2.75) is 5.92 Å². The Kier molecular flexibility index (Phi) is 3.97. The van der Waals surface area contributed by atoms with Crippen LogP contribution in [0, 0.1) is 5.92 Å². The molecule has 4 aromatic rings. The van der Waals surface area contributed by atoms with Crippen molar-refractivity contribution in [2.24, 2.45) is 5.92 Å². The van der Waals surface area contributed by atoms with Crippen LogP contribution >= 0.6 is 31.9 Å². The first kappa shape index (κ1) is 17.5. The summed E-state index contributed by atoms with van der Waals surface area (Å²) in [4.78, 5) is 0. The van der Waals surface area contributed by atoms with Crippen LogP contribution in [-0.4, -0.2) is 4.57 Å². The molecule has 0 bridgehead atoms. The SMILES string of the molecule is BrC1=Cc2c(c3c4ccccc4c(Br)cc3n2-c2ccccc2)C2C=CC=CC12. The molecule has 2 unspecified atom stereocenters. The van der Waals surface area contributed by atoms with E-state index in [-0.39, 0.29) is 0 Å². The molecule has 0 amide bonds. The van der Waals surface area contributed by atoms with Crippen LogP contribution in [-0.2, 0) is 0 Å². The van der Waals surface area contributed by atoms with Crippen molar-refractivity contribution in [1.29, 1.82) is 0 Å². The van der Waals surface area contributed by atoms with Gasteiger partial charge in [0.15, 0.2) is 0 Å². The summed E-state index contributed by atoms with van der Waals surface area (Å²) in [7, 11) is 0. The van der Waals surface area contributed by atoms with Crippen LogP contribution in [0.15, 0.2) is 93.9 Å². The zero-order valence-corrected chi connectivity index (χ0v) is 18.7. The van der Waals surface area contributed by atoms with Gasteiger partial charge in [-0.25, -0.2) is 0 Å². The molecule has 6 rings (SSSR count). The third kappa shape index (κ3) is 2.50. The number of rotatable bonds is 1. The first-order chi connectivity index (χ1) is 14.2. The molecule has 1 nitrogen and oxygen atoms in total. The number of hydrogen-bond acceptors (Lipinski definition) is 0. The molecule has 140 valence electrons. The summed E-state index contributed by atoms with van der Waals surface area (Å²) in [6.45, 7) is 0. The Morgan fingerprint density at radius 3 is 2.24 bits per heavy atom. The van der Waals surface area contributed by atoms with Gasteiger partial charge in [-0.1, -0.05) is 98.6 Å². The minimum atomic E-state index is 0.325. The summed E-state index contributed by atoms with van der Waals surface area (Å²) in [6, 6.07) is 21.7. The highest BCUT2D eigenvalue weighted by atomic mass is 79.9. The molecule has 3 aromatic carbocycles. The predicted octanol–water partition coefficient (Wildman–Crippen LogP) is 8.12. The minimum Gasteiger partial charge on any atom is -0.309 e. The second-order valence-corrected chi connectivity index (χ2v) is 9.39. The number of halogens is 2. The van der Waals surface area contributed by atoms with Gasteiger partial charge in [0.25, 0.3) is 0 Å². The fourth-order valence-electron chi connectivity index (χ4n) is 4.86. The summed E-state index contributed by atoms with van der Waals surface area (Å²) >= 11 is 7.72. The highest BCUT2D eigenvalue weighted by Crippen LogP contribution is 2.50. The van der Waals surface area contributed by atoms with Gasteiger partial charge in [-0.2, -0.15) is 0 Å². The smallest absolute Gasteiger partial charge is 0.0555 e. The molecule has 3 heteroatoms. The van der Waals surface area contributed by atoms with Gasteiger partial charge < -0.3 is 4.57 Å². The van der Waals surface area contributed by atoms with Crippen LogP contribution in [0.1, 0.15) is 17.2 Å². The number of benzene rings is 3. The summed E-state index contributed by atoms with van der Waals surface area (Å²) in [5.74, 6) is 0.677. The van der Waals surface area contributed by atoms with E-state index in [1.807, 2.05) is 0 Å². The molecule has 0 N–H and O–H groups in total. The third-order valence-corrected chi connectivity index (χ3v) is 7.49. The monoisotopic (exact) mass is 501 g/mol. The van der Waals surface area contributed by atoms with Gasteiger partial charge in [0.1, 0.15) is 0 Å². The van der Waals surface area contributed by atoms with Crippen LogP contribution in [0.5, 0.6) is 0 Å². The van der Waals surface area contributed by atoms with Crippen molar-refractivity contribution >= 4 is 59.6 Å². The average Bonchev–Trinajstić information content (AvgIpc) is 3.08. The maximum Gasteiger partial charge on any atom is 0.0555 e. The van der Waals surface area contributed by atoms with Crippen molar-refractivity contribution in [2.75, 3.05) is 0 Å². The Balaban J connectivity index is 1.85. The van der Waals surface area contributed by atoms with Crippen molar-refractivity contribution < 1.29 is 0 Å². The van der Waals surface area contributed by atoms with Crippen molar-refractivity contribution in [3.63, 3.8) is 0 Å². The lowest BCUT2D eigenvalue weighted by Gasteiger charge is -2.29. The molecule has 1 aromatic heterocycles. The molecule has 0 spiro atoms. The van der Waals surface area contributed by atoms with Crippen LogP contribution in [0.4, 0.5) is 0 Å². The van der Waals surface area contributed by atoms with Gasteiger partial charge in [0.05, 0.1) is 11.2 Å². The molecular formula is C26H17Br2N. The van der Waals surface area contributed by atoms with E-state index >= 15 is 0 Å². The lowest BCUT2D eigenvalue weighted by atomic mass is 9.78. The van der Waals surface area contributed by atoms with E-state index in [4.69, 9.17) is 0 Å². The fraction of sp³-hybridized carbons (Fsp3) is 0.0769. The molecule has 0 saturated carbocycles. The van der Waals surface area contributed by atoms with Crippen molar-refractivity contribution in [3.8, 4) is 5.69 Å². The Morgan fingerprint density at radius 2 is 1.45 bits per heavy atom. The number of fused-ring (bicyclic) bond motifs is 7. The molecule has 1 heterocycles. The summed E-state index contributed by atoms with van der Waals surface area (Å²) in [6.07, 6.45) is 11.3. The summed E-state index contributed by atoms with van der Waals surface area (Å²) in [5.41, 5.74) is 5.11. The Bertz CT molecular complexity index is 1370. The van der Waals surface area contributed by atoms with Crippen LogP contribution in [0.2, 0.25) is 0 Å². The minimum absolute atomic E-state index is 0.325. The van der Waals surface area contributed by atoms with Crippen molar-refractivity contribution in [3.05, 3.63) is 105 Å². The number of aromatic nitrogens is 1. The highest BCUT2D eigenvalue weighted by molar-refractivity contribution is 9.11. The molecule has 0 aliphatic heterocycles. The average molecular weight is 503 g/mol. The lowest BCUT2D eigenvalue weighted by molar-refractivity contribution is 0.687. The van der Waals surface area contributed by atoms with E-state index in [1.165, 1.54) is 43.1 Å². The standard InChI is InChI=1S/C26H17Br2N/c27-21-14-23-25(19-12-6-4-10-17(19)21)26-20-13-7-5-11-18(20)22(28)15-24(26)29(23)16-8-2-1-3-9-16/h1-15,17,19H. The van der Waals surface area contributed by atoms with Crippen LogP contribution in [0.3, 0.4) is 0 Å². The van der Waals surface area contributed by atoms with Gasteiger partial charge in [0, 0.05) is 31.9 Å². The second kappa shape index (κ2) is 6.58. The zero-order chi connectivity index (χ0) is 19.5. The van der Waals surface area contributed by atoms with E-state index in [0.717, 1.165) is 4.47 Å². The van der Waals surface area contributed by atoms with E-state index in [1.54, 1.807) is 0 Å². The van der Waals surface area contributed by atoms with E-state index < -0.39 is 0 Å². The maximum absolute atomic E-state index is 3.88. The Labute approximate surface area is 186 Å². The molecule has 0 fully saturated rings.